The molecule has 0 radical (unpaired) electrons. The van der Waals surface area contributed by atoms with E-state index in [1.54, 1.807) is 23.5 Å². The van der Waals surface area contributed by atoms with Crippen molar-refractivity contribution in [1.82, 2.24) is 15.5 Å². The van der Waals surface area contributed by atoms with E-state index in [1.807, 2.05) is 13.0 Å². The first-order valence-electron chi connectivity index (χ1n) is 9.88. The maximum absolute atomic E-state index is 11.6. The minimum Gasteiger partial charge on any atom is -0.357 e. The Morgan fingerprint density at radius 3 is 2.69 bits per heavy atom. The molecule has 1 atom stereocenters. The number of likely N-dealkylation sites (tertiary alicyclic amines) is 1. The Morgan fingerprint density at radius 2 is 2.03 bits per heavy atom. The van der Waals surface area contributed by atoms with Crippen LogP contribution in [0.15, 0.2) is 51.7 Å². The van der Waals surface area contributed by atoms with Crippen LogP contribution in [-0.2, 0) is 16.6 Å². The van der Waals surface area contributed by atoms with Gasteiger partial charge in [0.1, 0.15) is 0 Å². The van der Waals surface area contributed by atoms with Crippen LogP contribution < -0.4 is 15.8 Å². The predicted octanol–water partition coefficient (Wildman–Crippen LogP) is 2.29. The van der Waals surface area contributed by atoms with Crippen molar-refractivity contribution < 1.29 is 8.42 Å². The lowest BCUT2D eigenvalue weighted by molar-refractivity contribution is 0.249. The highest BCUT2D eigenvalue weighted by Crippen LogP contribution is 2.27. The summed E-state index contributed by atoms with van der Waals surface area (Å²) < 4.78 is 23.1. The van der Waals surface area contributed by atoms with E-state index >= 15 is 0 Å². The van der Waals surface area contributed by atoms with E-state index in [4.69, 9.17) is 5.14 Å². The quantitative estimate of drug-likeness (QED) is 0.436. The van der Waals surface area contributed by atoms with E-state index < -0.39 is 10.0 Å². The lowest BCUT2D eigenvalue weighted by Crippen LogP contribution is -2.42. The number of primary sulfonamides is 1. The number of benzene rings is 1. The van der Waals surface area contributed by atoms with E-state index in [0.717, 1.165) is 31.7 Å². The molecule has 7 nitrogen and oxygen atoms in total. The molecule has 1 aliphatic heterocycles. The normalized spacial score (nSPS) is 16.7. The molecule has 3 rings (SSSR count). The highest BCUT2D eigenvalue weighted by atomic mass is 32.2. The Hall–Kier alpha value is -1.94. The fourth-order valence-electron chi connectivity index (χ4n) is 3.47. The summed E-state index contributed by atoms with van der Waals surface area (Å²) in [6.07, 6.45) is 2.49. The summed E-state index contributed by atoms with van der Waals surface area (Å²) in [6, 6.07) is 11.2. The van der Waals surface area contributed by atoms with Crippen LogP contribution in [0.1, 0.15) is 36.2 Å². The molecule has 2 heterocycles. The van der Waals surface area contributed by atoms with Crippen LogP contribution in [-0.4, -0.2) is 45.5 Å². The zero-order chi connectivity index (χ0) is 20.7. The molecule has 0 amide bonds. The number of nitrogens with zero attached hydrogens (tertiary/aromatic N) is 2. The number of thiophene rings is 1. The van der Waals surface area contributed by atoms with E-state index in [1.165, 1.54) is 23.8 Å². The number of nitrogens with one attached hydrogen (secondary N) is 2. The minimum atomic E-state index is -3.71. The van der Waals surface area contributed by atoms with E-state index in [-0.39, 0.29) is 4.90 Å². The number of guanidine groups is 1. The highest BCUT2D eigenvalue weighted by Gasteiger charge is 2.24. The predicted molar refractivity (Wildman–Crippen MR) is 119 cm³/mol. The molecule has 158 valence electrons. The summed E-state index contributed by atoms with van der Waals surface area (Å²) in [5.41, 5.74) is 0.795. The smallest absolute Gasteiger partial charge is 0.238 e. The van der Waals surface area contributed by atoms with Gasteiger partial charge in [0.05, 0.1) is 17.5 Å². The van der Waals surface area contributed by atoms with Gasteiger partial charge < -0.3 is 10.6 Å². The van der Waals surface area contributed by atoms with Gasteiger partial charge in [-0.15, -0.1) is 11.3 Å². The number of rotatable bonds is 8. The Balaban J connectivity index is 1.69. The number of sulfonamides is 1. The molecule has 0 spiro atoms. The molecule has 2 aromatic rings. The lowest BCUT2D eigenvalue weighted by atomic mass is 10.2. The number of aliphatic imine (C=N–C) groups is 1. The summed E-state index contributed by atoms with van der Waals surface area (Å²) in [5, 5.41) is 14.1. The van der Waals surface area contributed by atoms with Crippen molar-refractivity contribution in [3.8, 4) is 0 Å². The first-order chi connectivity index (χ1) is 14.0. The van der Waals surface area contributed by atoms with Crippen molar-refractivity contribution in [3.05, 3.63) is 52.2 Å². The van der Waals surface area contributed by atoms with E-state index in [2.05, 4.69) is 38.0 Å². The fourth-order valence-corrected chi connectivity index (χ4v) is 4.91. The van der Waals surface area contributed by atoms with Crippen molar-refractivity contribution in [2.45, 2.75) is 37.2 Å². The molecule has 1 aromatic heterocycles. The molecule has 0 saturated carbocycles. The number of hydrogen-bond donors (Lipinski definition) is 3. The summed E-state index contributed by atoms with van der Waals surface area (Å²) in [5.74, 6) is 0.717. The highest BCUT2D eigenvalue weighted by molar-refractivity contribution is 7.89. The topological polar surface area (TPSA) is 99.8 Å². The summed E-state index contributed by atoms with van der Waals surface area (Å²) in [7, 11) is -3.71. The van der Waals surface area contributed by atoms with Crippen molar-refractivity contribution in [3.63, 3.8) is 0 Å². The van der Waals surface area contributed by atoms with Gasteiger partial charge in [-0.1, -0.05) is 18.2 Å². The van der Waals surface area contributed by atoms with Crippen LogP contribution in [0.3, 0.4) is 0 Å². The Bertz CT molecular complexity index is 907. The van der Waals surface area contributed by atoms with Crippen LogP contribution in [0, 0.1) is 0 Å². The van der Waals surface area contributed by atoms with Crippen LogP contribution in [0.25, 0.3) is 0 Å². The molecule has 1 saturated heterocycles. The van der Waals surface area contributed by atoms with Gasteiger partial charge in [-0.25, -0.2) is 18.5 Å². The molecule has 0 bridgehead atoms. The summed E-state index contributed by atoms with van der Waals surface area (Å²) in [6.45, 7) is 6.15. The first-order valence-corrected chi connectivity index (χ1v) is 12.3. The van der Waals surface area contributed by atoms with Crippen LogP contribution in [0.4, 0.5) is 0 Å². The second kappa shape index (κ2) is 10.2. The van der Waals surface area contributed by atoms with E-state index in [9.17, 15) is 8.42 Å². The third-order valence-corrected chi connectivity index (χ3v) is 6.79. The van der Waals surface area contributed by atoms with Gasteiger partial charge in [0.15, 0.2) is 5.96 Å². The largest absolute Gasteiger partial charge is 0.357 e. The van der Waals surface area contributed by atoms with Gasteiger partial charge in [-0.3, -0.25) is 4.90 Å². The second-order valence-corrected chi connectivity index (χ2v) is 9.58. The average molecular weight is 436 g/mol. The minimum absolute atomic E-state index is 0.106. The van der Waals surface area contributed by atoms with Gasteiger partial charge in [-0.05, 0) is 62.0 Å². The zero-order valence-corrected chi connectivity index (χ0v) is 18.3. The molecule has 1 aliphatic rings. The molecule has 1 fully saturated rings. The molecule has 0 aliphatic carbocycles. The van der Waals surface area contributed by atoms with E-state index in [0.29, 0.717) is 18.5 Å². The molecule has 4 N–H and O–H groups in total. The summed E-state index contributed by atoms with van der Waals surface area (Å²) in [4.78, 5) is 8.62. The van der Waals surface area contributed by atoms with Crippen molar-refractivity contribution in [1.29, 1.82) is 0 Å². The van der Waals surface area contributed by atoms with Crippen molar-refractivity contribution >= 4 is 27.3 Å². The first kappa shape index (κ1) is 21.8. The van der Waals surface area contributed by atoms with Gasteiger partial charge in [-0.2, -0.15) is 0 Å². The van der Waals surface area contributed by atoms with Gasteiger partial charge in [0.2, 0.25) is 10.0 Å². The summed E-state index contributed by atoms with van der Waals surface area (Å²) >= 11 is 1.79. The van der Waals surface area contributed by atoms with Crippen LogP contribution in [0.5, 0.6) is 0 Å². The second-order valence-electron chi connectivity index (χ2n) is 7.04. The van der Waals surface area contributed by atoms with Crippen molar-refractivity contribution in [2.75, 3.05) is 26.2 Å². The van der Waals surface area contributed by atoms with Gasteiger partial charge in [0, 0.05) is 18.0 Å². The standard InChI is InChI=1S/C20H29N5O2S2/c1-2-22-20(23-14-16-7-5-8-17(13-16)29(21,26)27)24-15-18(19-9-6-12-28-19)25-10-3-4-11-25/h5-9,12-13,18H,2-4,10-11,14-15H2,1H3,(H2,21,26,27)(H2,22,23,24). The Kier molecular flexibility index (Phi) is 7.65. The zero-order valence-electron chi connectivity index (χ0n) is 16.7. The Morgan fingerprint density at radius 1 is 1.24 bits per heavy atom. The number of hydrogen-bond acceptors (Lipinski definition) is 5. The maximum atomic E-state index is 11.6. The van der Waals surface area contributed by atoms with Crippen LogP contribution >= 0.6 is 11.3 Å². The molecule has 29 heavy (non-hydrogen) atoms. The third-order valence-electron chi connectivity index (χ3n) is 4.91. The molecule has 1 aromatic carbocycles. The number of nitrogens with two attached hydrogens (primary N) is 1. The van der Waals surface area contributed by atoms with Crippen LogP contribution in [0.2, 0.25) is 0 Å². The van der Waals surface area contributed by atoms with Gasteiger partial charge in [0.25, 0.3) is 0 Å². The fraction of sp³-hybridized carbons (Fsp3) is 0.450. The molecule has 9 heteroatoms. The molecular formula is C20H29N5O2S2. The SMILES string of the molecule is CCNC(=NCc1cccc(S(N)(=O)=O)c1)NCC(c1cccs1)N1CCCC1. The lowest BCUT2D eigenvalue weighted by Gasteiger charge is -2.27. The Labute approximate surface area is 177 Å². The third kappa shape index (κ3) is 6.27. The maximum Gasteiger partial charge on any atom is 0.238 e. The van der Waals surface area contributed by atoms with Crippen molar-refractivity contribution in [2.24, 2.45) is 10.1 Å². The molecule has 1 unspecified atom stereocenters. The molecular weight excluding hydrogens is 406 g/mol. The average Bonchev–Trinajstić information content (AvgIpc) is 3.40. The van der Waals surface area contributed by atoms with Gasteiger partial charge >= 0.3 is 0 Å². The monoisotopic (exact) mass is 435 g/mol.